The first-order valence-corrected chi connectivity index (χ1v) is 6.50. The van der Waals surface area contributed by atoms with Crippen molar-refractivity contribution in [3.8, 4) is 5.75 Å². The van der Waals surface area contributed by atoms with Crippen molar-refractivity contribution in [3.63, 3.8) is 0 Å². The topological polar surface area (TPSA) is 46.5 Å². The van der Waals surface area contributed by atoms with Crippen molar-refractivity contribution >= 4 is 17.7 Å². The Morgan fingerprint density at radius 3 is 2.81 bits per heavy atom. The predicted octanol–water partition coefficient (Wildman–Crippen LogP) is 2.83. The molecule has 1 rings (SSSR count). The lowest BCUT2D eigenvalue weighted by molar-refractivity contribution is 0.0696. The third kappa shape index (κ3) is 3.77. The maximum Gasteiger partial charge on any atom is 0.335 e. The average Bonchev–Trinajstić information content (AvgIpc) is 2.24. The summed E-state index contributed by atoms with van der Waals surface area (Å²) in [7, 11) is 0. The molecule has 4 heteroatoms. The van der Waals surface area contributed by atoms with Crippen LogP contribution in [0.1, 0.15) is 22.3 Å². The first-order chi connectivity index (χ1) is 7.65. The summed E-state index contributed by atoms with van der Waals surface area (Å²) < 4.78 is 5.52. The standard InChI is InChI=1S/C12H16O3S/c1-9-8-10(15-6-3-7-16-2)4-5-11(9)12(13)14/h4-5,8H,3,6-7H2,1-2H3,(H,13,14). The van der Waals surface area contributed by atoms with Crippen LogP contribution < -0.4 is 4.74 Å². The summed E-state index contributed by atoms with van der Waals surface area (Å²) in [6.07, 6.45) is 3.06. The van der Waals surface area contributed by atoms with Crippen LogP contribution in [-0.4, -0.2) is 29.7 Å². The highest BCUT2D eigenvalue weighted by Gasteiger charge is 2.07. The van der Waals surface area contributed by atoms with E-state index < -0.39 is 5.97 Å². The number of benzene rings is 1. The van der Waals surface area contributed by atoms with Crippen LogP contribution in [0.2, 0.25) is 0 Å². The molecule has 0 amide bonds. The first kappa shape index (κ1) is 12.9. The molecular formula is C12H16O3S. The number of thioether (sulfide) groups is 1. The number of ether oxygens (including phenoxy) is 1. The van der Waals surface area contributed by atoms with Crippen molar-refractivity contribution in [2.24, 2.45) is 0 Å². The highest BCUT2D eigenvalue weighted by atomic mass is 32.2. The van der Waals surface area contributed by atoms with Gasteiger partial charge in [0.05, 0.1) is 12.2 Å². The second-order valence-corrected chi connectivity index (χ2v) is 4.46. The minimum atomic E-state index is -0.897. The van der Waals surface area contributed by atoms with E-state index in [1.54, 1.807) is 36.9 Å². The largest absolute Gasteiger partial charge is 0.494 e. The average molecular weight is 240 g/mol. The molecule has 16 heavy (non-hydrogen) atoms. The Balaban J connectivity index is 2.56. The molecule has 0 aliphatic rings. The van der Waals surface area contributed by atoms with Gasteiger partial charge in [0, 0.05) is 0 Å². The Hall–Kier alpha value is -1.16. The molecule has 0 aliphatic carbocycles. The van der Waals surface area contributed by atoms with Gasteiger partial charge in [-0.1, -0.05) is 0 Å². The van der Waals surface area contributed by atoms with Crippen LogP contribution in [0.15, 0.2) is 18.2 Å². The molecule has 0 bridgehead atoms. The lowest BCUT2D eigenvalue weighted by atomic mass is 10.1. The summed E-state index contributed by atoms with van der Waals surface area (Å²) in [5.74, 6) is 0.918. The lowest BCUT2D eigenvalue weighted by Crippen LogP contribution is -2.02. The predicted molar refractivity (Wildman–Crippen MR) is 66.6 cm³/mol. The fourth-order valence-corrected chi connectivity index (χ4v) is 1.77. The number of carbonyl (C=O) groups is 1. The maximum absolute atomic E-state index is 10.8. The zero-order valence-electron chi connectivity index (χ0n) is 9.53. The van der Waals surface area contributed by atoms with Crippen molar-refractivity contribution in [1.82, 2.24) is 0 Å². The van der Waals surface area contributed by atoms with E-state index in [1.165, 1.54) is 0 Å². The Morgan fingerprint density at radius 2 is 2.25 bits per heavy atom. The summed E-state index contributed by atoms with van der Waals surface area (Å²) >= 11 is 1.79. The molecule has 0 fully saturated rings. The fraction of sp³-hybridized carbons (Fsp3) is 0.417. The second-order valence-electron chi connectivity index (χ2n) is 3.48. The molecule has 0 saturated heterocycles. The number of hydrogen-bond donors (Lipinski definition) is 1. The summed E-state index contributed by atoms with van der Waals surface area (Å²) in [5.41, 5.74) is 1.06. The summed E-state index contributed by atoms with van der Waals surface area (Å²) in [4.78, 5) is 10.8. The molecule has 0 heterocycles. The van der Waals surface area contributed by atoms with Crippen molar-refractivity contribution < 1.29 is 14.6 Å². The van der Waals surface area contributed by atoms with Crippen LogP contribution in [0.25, 0.3) is 0 Å². The maximum atomic E-state index is 10.8. The third-order valence-corrected chi connectivity index (χ3v) is 2.89. The van der Waals surface area contributed by atoms with Gasteiger partial charge in [0.15, 0.2) is 0 Å². The van der Waals surface area contributed by atoms with Gasteiger partial charge in [0.2, 0.25) is 0 Å². The number of rotatable bonds is 6. The molecule has 0 spiro atoms. The van der Waals surface area contributed by atoms with Crippen LogP contribution in [0.5, 0.6) is 5.75 Å². The smallest absolute Gasteiger partial charge is 0.335 e. The van der Waals surface area contributed by atoms with Crippen molar-refractivity contribution in [2.75, 3.05) is 18.6 Å². The third-order valence-electron chi connectivity index (χ3n) is 2.19. The van der Waals surface area contributed by atoms with Crippen molar-refractivity contribution in [2.45, 2.75) is 13.3 Å². The van der Waals surface area contributed by atoms with Crippen LogP contribution in [0, 0.1) is 6.92 Å². The van der Waals surface area contributed by atoms with Gasteiger partial charge in [-0.2, -0.15) is 11.8 Å². The minimum absolute atomic E-state index is 0.330. The Labute approximate surface area is 99.8 Å². The highest BCUT2D eigenvalue weighted by molar-refractivity contribution is 7.98. The van der Waals surface area contributed by atoms with Gasteiger partial charge in [0.1, 0.15) is 5.75 Å². The minimum Gasteiger partial charge on any atom is -0.494 e. The van der Waals surface area contributed by atoms with E-state index in [0.29, 0.717) is 12.2 Å². The first-order valence-electron chi connectivity index (χ1n) is 5.11. The van der Waals surface area contributed by atoms with Gasteiger partial charge in [-0.15, -0.1) is 0 Å². The van der Waals surface area contributed by atoms with E-state index in [9.17, 15) is 4.79 Å². The number of aryl methyl sites for hydroxylation is 1. The quantitative estimate of drug-likeness (QED) is 0.777. The molecule has 1 aromatic rings. The highest BCUT2D eigenvalue weighted by Crippen LogP contribution is 2.17. The van der Waals surface area contributed by atoms with E-state index in [1.807, 2.05) is 0 Å². The molecule has 0 aromatic heterocycles. The Morgan fingerprint density at radius 1 is 1.50 bits per heavy atom. The summed E-state index contributed by atoms with van der Waals surface area (Å²) in [6.45, 7) is 2.45. The van der Waals surface area contributed by atoms with Crippen molar-refractivity contribution in [1.29, 1.82) is 0 Å². The number of aromatic carboxylic acids is 1. The molecule has 1 N–H and O–H groups in total. The SMILES string of the molecule is CSCCCOc1ccc(C(=O)O)c(C)c1. The monoisotopic (exact) mass is 240 g/mol. The molecule has 0 atom stereocenters. The van der Waals surface area contributed by atoms with Crippen LogP contribution in [0.3, 0.4) is 0 Å². The van der Waals surface area contributed by atoms with E-state index in [4.69, 9.17) is 9.84 Å². The lowest BCUT2D eigenvalue weighted by Gasteiger charge is -2.07. The van der Waals surface area contributed by atoms with E-state index >= 15 is 0 Å². The Bertz CT molecular complexity index is 363. The van der Waals surface area contributed by atoms with Crippen molar-refractivity contribution in [3.05, 3.63) is 29.3 Å². The number of carboxylic acids is 1. The van der Waals surface area contributed by atoms with E-state index in [-0.39, 0.29) is 0 Å². The zero-order chi connectivity index (χ0) is 12.0. The van der Waals surface area contributed by atoms with Crippen LogP contribution >= 0.6 is 11.8 Å². The Kier molecular flexibility index (Phi) is 5.19. The normalized spacial score (nSPS) is 10.1. The van der Waals surface area contributed by atoms with Gasteiger partial charge < -0.3 is 9.84 Å². The van der Waals surface area contributed by atoms with Gasteiger partial charge in [-0.3, -0.25) is 0 Å². The van der Waals surface area contributed by atoms with Gasteiger partial charge in [0.25, 0.3) is 0 Å². The molecule has 0 unspecified atom stereocenters. The van der Waals surface area contributed by atoms with Gasteiger partial charge in [-0.25, -0.2) is 4.79 Å². The van der Waals surface area contributed by atoms with E-state index in [0.717, 1.165) is 23.5 Å². The molecule has 0 aliphatic heterocycles. The molecule has 3 nitrogen and oxygen atoms in total. The summed E-state index contributed by atoms with van der Waals surface area (Å²) in [6, 6.07) is 5.06. The molecule has 0 saturated carbocycles. The van der Waals surface area contributed by atoms with E-state index in [2.05, 4.69) is 6.26 Å². The van der Waals surface area contributed by atoms with Gasteiger partial charge >= 0.3 is 5.97 Å². The molecule has 0 radical (unpaired) electrons. The summed E-state index contributed by atoms with van der Waals surface area (Å²) in [5, 5.41) is 8.86. The molecule has 1 aromatic carbocycles. The number of carboxylic acid groups (broad SMARTS) is 1. The zero-order valence-corrected chi connectivity index (χ0v) is 10.3. The van der Waals surface area contributed by atoms with Crippen LogP contribution in [-0.2, 0) is 0 Å². The molecule has 88 valence electrons. The molecular weight excluding hydrogens is 224 g/mol. The second kappa shape index (κ2) is 6.43. The number of hydrogen-bond acceptors (Lipinski definition) is 3. The van der Waals surface area contributed by atoms with Gasteiger partial charge in [-0.05, 0) is 49.1 Å². The van der Waals surface area contributed by atoms with Crippen LogP contribution in [0.4, 0.5) is 0 Å². The fourth-order valence-electron chi connectivity index (χ4n) is 1.36.